The van der Waals surface area contributed by atoms with Crippen LogP contribution in [0.1, 0.15) is 6.42 Å². The van der Waals surface area contributed by atoms with Gasteiger partial charge in [0.2, 0.25) is 5.91 Å². The highest BCUT2D eigenvalue weighted by atomic mass is 19.1. The van der Waals surface area contributed by atoms with Crippen LogP contribution in [0.25, 0.3) is 10.9 Å². The second-order valence-electron chi connectivity index (χ2n) is 6.36. The zero-order valence-electron chi connectivity index (χ0n) is 13.9. The van der Waals surface area contributed by atoms with E-state index in [-0.39, 0.29) is 17.6 Å². The van der Waals surface area contributed by atoms with Crippen LogP contribution >= 0.6 is 0 Å². The minimum Gasteiger partial charge on any atom is -0.368 e. The number of benzene rings is 2. The van der Waals surface area contributed by atoms with Crippen LogP contribution in [-0.4, -0.2) is 28.8 Å². The number of hydrogen-bond donors (Lipinski definition) is 1. The lowest BCUT2D eigenvalue weighted by Crippen LogP contribution is -2.27. The third kappa shape index (κ3) is 2.84. The number of carbonyl (C=O) groups is 1. The SMILES string of the molecule is Cn1nc(NC(=O)C2CCN(c3ccccc3F)C2)c2ccccc21. The number of anilines is 2. The zero-order valence-corrected chi connectivity index (χ0v) is 13.9. The predicted octanol–water partition coefficient (Wildman–Crippen LogP) is 3.18. The first-order chi connectivity index (χ1) is 12.1. The fourth-order valence-electron chi connectivity index (χ4n) is 3.43. The van der Waals surface area contributed by atoms with Crippen LogP contribution in [-0.2, 0) is 11.8 Å². The Labute approximate surface area is 145 Å². The molecule has 1 fully saturated rings. The number of aromatic nitrogens is 2. The molecule has 1 atom stereocenters. The standard InChI is InChI=1S/C19H19FN4O/c1-23-16-8-4-2-6-14(16)18(22-23)21-19(25)13-10-11-24(12-13)17-9-5-3-7-15(17)20/h2-9,13H,10-12H2,1H3,(H,21,22,25). The van der Waals surface area contributed by atoms with Gasteiger partial charge in [0.15, 0.2) is 5.82 Å². The van der Waals surface area contributed by atoms with Gasteiger partial charge in [0.1, 0.15) is 5.82 Å². The Morgan fingerprint density at radius 2 is 1.96 bits per heavy atom. The van der Waals surface area contributed by atoms with Crippen molar-refractivity contribution in [3.8, 4) is 0 Å². The van der Waals surface area contributed by atoms with E-state index in [4.69, 9.17) is 0 Å². The molecular weight excluding hydrogens is 319 g/mol. The van der Waals surface area contributed by atoms with Crippen LogP contribution in [0.2, 0.25) is 0 Å². The first-order valence-electron chi connectivity index (χ1n) is 8.35. The molecule has 0 radical (unpaired) electrons. The van der Waals surface area contributed by atoms with E-state index in [2.05, 4.69) is 10.4 Å². The fourth-order valence-corrected chi connectivity index (χ4v) is 3.43. The molecule has 1 aromatic heterocycles. The summed E-state index contributed by atoms with van der Waals surface area (Å²) >= 11 is 0. The average Bonchev–Trinajstić information content (AvgIpc) is 3.22. The lowest BCUT2D eigenvalue weighted by atomic mass is 10.1. The van der Waals surface area contributed by atoms with E-state index in [9.17, 15) is 9.18 Å². The molecule has 1 N–H and O–H groups in total. The molecule has 25 heavy (non-hydrogen) atoms. The molecule has 4 rings (SSSR count). The highest BCUT2D eigenvalue weighted by Crippen LogP contribution is 2.28. The largest absolute Gasteiger partial charge is 0.368 e. The first kappa shape index (κ1) is 15.6. The Hall–Kier alpha value is -2.89. The fraction of sp³-hybridized carbons (Fsp3) is 0.263. The summed E-state index contributed by atoms with van der Waals surface area (Å²) in [7, 11) is 1.85. The van der Waals surface area contributed by atoms with Gasteiger partial charge in [-0.15, -0.1) is 0 Å². The third-order valence-corrected chi connectivity index (χ3v) is 4.75. The Morgan fingerprint density at radius 3 is 2.80 bits per heavy atom. The molecule has 0 bridgehead atoms. The number of hydrogen-bond acceptors (Lipinski definition) is 3. The van der Waals surface area contributed by atoms with Gasteiger partial charge in [0.25, 0.3) is 0 Å². The maximum absolute atomic E-state index is 13.9. The monoisotopic (exact) mass is 338 g/mol. The number of aryl methyl sites for hydroxylation is 1. The summed E-state index contributed by atoms with van der Waals surface area (Å²) in [6.07, 6.45) is 0.699. The minimum absolute atomic E-state index is 0.0670. The van der Waals surface area contributed by atoms with E-state index in [0.29, 0.717) is 31.0 Å². The normalized spacial score (nSPS) is 17.2. The number of carbonyl (C=O) groups excluding carboxylic acids is 1. The van der Waals surface area contributed by atoms with Crippen LogP contribution in [0.3, 0.4) is 0 Å². The van der Waals surface area contributed by atoms with Gasteiger partial charge in [0, 0.05) is 25.5 Å². The molecule has 0 spiro atoms. The van der Waals surface area contributed by atoms with Gasteiger partial charge in [-0.3, -0.25) is 9.48 Å². The van der Waals surface area contributed by atoms with E-state index in [1.54, 1.807) is 16.8 Å². The number of nitrogens with zero attached hydrogens (tertiary/aromatic N) is 3. The number of rotatable bonds is 3. The number of fused-ring (bicyclic) bond motifs is 1. The summed E-state index contributed by atoms with van der Waals surface area (Å²) in [5, 5.41) is 8.27. The Morgan fingerprint density at radius 1 is 1.20 bits per heavy atom. The summed E-state index contributed by atoms with van der Waals surface area (Å²) in [6, 6.07) is 14.5. The molecular formula is C19H19FN4O. The summed E-state index contributed by atoms with van der Waals surface area (Å²) in [4.78, 5) is 14.6. The molecule has 128 valence electrons. The first-order valence-corrected chi connectivity index (χ1v) is 8.35. The van der Waals surface area contributed by atoms with E-state index in [0.717, 1.165) is 10.9 Å². The number of nitrogens with one attached hydrogen (secondary N) is 1. The van der Waals surface area contributed by atoms with Crippen molar-refractivity contribution in [2.24, 2.45) is 13.0 Å². The maximum Gasteiger partial charge on any atom is 0.230 e. The van der Waals surface area contributed by atoms with Crippen molar-refractivity contribution in [3.05, 3.63) is 54.3 Å². The van der Waals surface area contributed by atoms with Crippen molar-refractivity contribution in [2.45, 2.75) is 6.42 Å². The van der Waals surface area contributed by atoms with Gasteiger partial charge in [-0.05, 0) is 30.7 Å². The Kier molecular flexibility index (Phi) is 3.87. The molecule has 0 aliphatic carbocycles. The summed E-state index contributed by atoms with van der Waals surface area (Å²) in [5.74, 6) is 0.0785. The average molecular weight is 338 g/mol. The lowest BCUT2D eigenvalue weighted by molar-refractivity contribution is -0.119. The van der Waals surface area contributed by atoms with Gasteiger partial charge in [0.05, 0.1) is 17.1 Å². The van der Waals surface area contributed by atoms with Crippen molar-refractivity contribution in [3.63, 3.8) is 0 Å². The quantitative estimate of drug-likeness (QED) is 0.798. The molecule has 1 aliphatic heterocycles. The predicted molar refractivity (Wildman–Crippen MR) is 96.1 cm³/mol. The topological polar surface area (TPSA) is 50.2 Å². The molecule has 0 saturated carbocycles. The molecule has 2 heterocycles. The molecule has 1 aliphatic rings. The van der Waals surface area contributed by atoms with Crippen molar-refractivity contribution in [1.82, 2.24) is 9.78 Å². The highest BCUT2D eigenvalue weighted by Gasteiger charge is 2.30. The van der Waals surface area contributed by atoms with Crippen molar-refractivity contribution < 1.29 is 9.18 Å². The number of amides is 1. The van der Waals surface area contributed by atoms with Crippen LogP contribution in [0.15, 0.2) is 48.5 Å². The second kappa shape index (κ2) is 6.20. The maximum atomic E-state index is 13.9. The summed E-state index contributed by atoms with van der Waals surface area (Å²) in [6.45, 7) is 1.18. The molecule has 1 unspecified atom stereocenters. The van der Waals surface area contributed by atoms with Gasteiger partial charge in [-0.1, -0.05) is 24.3 Å². The van der Waals surface area contributed by atoms with Gasteiger partial charge < -0.3 is 10.2 Å². The number of halogens is 1. The van der Waals surface area contributed by atoms with Crippen molar-refractivity contribution in [1.29, 1.82) is 0 Å². The molecule has 1 amide bonds. The van der Waals surface area contributed by atoms with E-state index >= 15 is 0 Å². The minimum atomic E-state index is -0.251. The van der Waals surface area contributed by atoms with Gasteiger partial charge >= 0.3 is 0 Å². The van der Waals surface area contributed by atoms with E-state index in [1.807, 2.05) is 42.3 Å². The van der Waals surface area contributed by atoms with Gasteiger partial charge in [-0.2, -0.15) is 5.10 Å². The smallest absolute Gasteiger partial charge is 0.230 e. The Bertz CT molecular complexity index is 936. The third-order valence-electron chi connectivity index (χ3n) is 4.75. The number of para-hydroxylation sites is 2. The van der Waals surface area contributed by atoms with E-state index in [1.165, 1.54) is 6.07 Å². The van der Waals surface area contributed by atoms with Crippen LogP contribution in [0, 0.1) is 11.7 Å². The molecule has 3 aromatic rings. The summed E-state index contributed by atoms with van der Waals surface area (Å²) in [5.41, 5.74) is 1.53. The Balaban J connectivity index is 1.50. The zero-order chi connectivity index (χ0) is 17.4. The molecule has 6 heteroatoms. The molecule has 1 saturated heterocycles. The summed E-state index contributed by atoms with van der Waals surface area (Å²) < 4.78 is 15.7. The van der Waals surface area contributed by atoms with Crippen molar-refractivity contribution >= 4 is 28.3 Å². The van der Waals surface area contributed by atoms with Gasteiger partial charge in [-0.25, -0.2) is 4.39 Å². The van der Waals surface area contributed by atoms with Crippen LogP contribution < -0.4 is 10.2 Å². The second-order valence-corrected chi connectivity index (χ2v) is 6.36. The highest BCUT2D eigenvalue weighted by molar-refractivity contribution is 6.01. The lowest BCUT2D eigenvalue weighted by Gasteiger charge is -2.19. The van der Waals surface area contributed by atoms with Crippen LogP contribution in [0.4, 0.5) is 15.9 Å². The molecule has 5 nitrogen and oxygen atoms in total. The molecule has 2 aromatic carbocycles. The van der Waals surface area contributed by atoms with Crippen LogP contribution in [0.5, 0.6) is 0 Å². The van der Waals surface area contributed by atoms with Crippen molar-refractivity contribution in [2.75, 3.05) is 23.3 Å². The van der Waals surface area contributed by atoms with E-state index < -0.39 is 0 Å².